The van der Waals surface area contributed by atoms with E-state index in [1.165, 1.54) is 0 Å². The highest BCUT2D eigenvalue weighted by molar-refractivity contribution is 6.44. The van der Waals surface area contributed by atoms with Crippen LogP contribution in [0.25, 0.3) is 10.9 Å². The smallest absolute Gasteiger partial charge is 0.358 e. The van der Waals surface area contributed by atoms with Gasteiger partial charge in [-0.3, -0.25) is 0 Å². The molecule has 0 aliphatic heterocycles. The van der Waals surface area contributed by atoms with E-state index in [1.807, 2.05) is 0 Å². The highest BCUT2D eigenvalue weighted by atomic mass is 16.5. The van der Waals surface area contributed by atoms with E-state index < -0.39 is 42.6 Å². The van der Waals surface area contributed by atoms with Crippen molar-refractivity contribution in [2.24, 2.45) is 5.16 Å². The summed E-state index contributed by atoms with van der Waals surface area (Å²) in [7, 11) is -2.97. The third-order valence-corrected chi connectivity index (χ3v) is 2.13. The predicted octanol–water partition coefficient (Wildman–Crippen LogP) is 1.44. The molecule has 6 nitrogen and oxygen atoms in total. The molecule has 1 aromatic heterocycles. The van der Waals surface area contributed by atoms with Crippen LogP contribution in [-0.2, 0) is 4.79 Å². The summed E-state index contributed by atoms with van der Waals surface area (Å²) in [4.78, 5) is 13.6. The molecule has 0 unspecified atom stereocenters. The van der Waals surface area contributed by atoms with Gasteiger partial charge in [-0.2, -0.15) is 0 Å². The molecule has 0 saturated carbocycles. The van der Waals surface area contributed by atoms with Gasteiger partial charge in [0.2, 0.25) is 0 Å². The first-order valence-electron chi connectivity index (χ1n) is 7.34. The van der Waals surface area contributed by atoms with Gasteiger partial charge in [-0.15, -0.1) is 0 Å². The molecule has 6 heteroatoms. The summed E-state index contributed by atoms with van der Waals surface area (Å²) in [5.74, 6) is -2.21. The average molecular weight is 240 g/mol. The predicted molar refractivity (Wildman–Crippen MR) is 60.8 cm³/mol. The summed E-state index contributed by atoms with van der Waals surface area (Å²) in [6, 6.07) is -1.73. The molecule has 0 fully saturated rings. The Morgan fingerprint density at radius 1 is 1.65 bits per heavy atom. The fourth-order valence-corrected chi connectivity index (χ4v) is 1.45. The first-order valence-corrected chi connectivity index (χ1v) is 4.34. The second-order valence-corrected chi connectivity index (χ2v) is 3.01. The third kappa shape index (κ3) is 1.69. The third-order valence-electron chi connectivity index (χ3n) is 2.13. The average Bonchev–Trinajstić information content (AvgIpc) is 2.85. The van der Waals surface area contributed by atoms with E-state index in [0.29, 0.717) is 0 Å². The molecule has 0 spiro atoms. The van der Waals surface area contributed by atoms with E-state index in [0.717, 1.165) is 6.20 Å². The first-order chi connectivity index (χ1) is 10.6. The number of fused-ring (bicyclic) bond motifs is 1. The summed E-state index contributed by atoms with van der Waals surface area (Å²) in [5, 5.41) is 20.3. The number of methoxy groups -OCH3 is 1. The Labute approximate surface area is 105 Å². The highest BCUT2D eigenvalue weighted by Gasteiger charge is 2.19. The van der Waals surface area contributed by atoms with Crippen molar-refractivity contribution in [2.75, 3.05) is 7.04 Å². The van der Waals surface area contributed by atoms with Crippen molar-refractivity contribution in [1.29, 1.82) is 0 Å². The minimum Gasteiger partial charge on any atom is -0.496 e. The monoisotopic (exact) mass is 240 g/mol. The molecule has 0 aliphatic rings. The van der Waals surface area contributed by atoms with Gasteiger partial charge in [0.05, 0.1) is 20.6 Å². The van der Waals surface area contributed by atoms with Gasteiger partial charge in [-0.25, -0.2) is 4.79 Å². The number of aromatic amines is 1. The summed E-state index contributed by atoms with van der Waals surface area (Å²) in [5.41, 5.74) is -1.21. The number of H-pyrrole nitrogens is 1. The van der Waals surface area contributed by atoms with Crippen LogP contribution >= 0.6 is 0 Å². The first kappa shape index (κ1) is 5.72. The zero-order chi connectivity index (χ0) is 17.5. The number of carboxylic acid groups (broad SMARTS) is 1. The second kappa shape index (κ2) is 4.17. The van der Waals surface area contributed by atoms with Gasteiger partial charge >= 0.3 is 5.97 Å². The number of ether oxygens (including phenoxy) is 1. The quantitative estimate of drug-likeness (QED) is 0.429. The number of rotatable bonds is 3. The van der Waals surface area contributed by atoms with Crippen LogP contribution in [0.1, 0.15) is 13.8 Å². The summed E-state index contributed by atoms with van der Waals surface area (Å²) < 4.78 is 49.4. The van der Waals surface area contributed by atoms with E-state index in [1.54, 1.807) is 0 Å². The summed E-state index contributed by atoms with van der Waals surface area (Å²) >= 11 is 0. The Kier molecular flexibility index (Phi) is 1.40. The number of carbonyl (C=O) groups is 1. The Bertz CT molecular complexity index is 826. The number of oxime groups is 1. The van der Waals surface area contributed by atoms with Crippen LogP contribution < -0.4 is 4.74 Å². The number of nitrogens with zero attached hydrogens (tertiary/aromatic N) is 1. The van der Waals surface area contributed by atoms with Crippen LogP contribution in [0.3, 0.4) is 0 Å². The fourth-order valence-electron chi connectivity index (χ4n) is 1.45. The van der Waals surface area contributed by atoms with E-state index in [9.17, 15) is 4.79 Å². The summed E-state index contributed by atoms with van der Waals surface area (Å²) in [6.45, 7) is 0. The zero-order valence-corrected chi connectivity index (χ0v) is 8.24. The van der Waals surface area contributed by atoms with Crippen molar-refractivity contribution in [1.82, 2.24) is 4.98 Å². The van der Waals surface area contributed by atoms with Gasteiger partial charge in [0.15, 0.2) is 5.71 Å². The molecule has 0 bridgehead atoms. The molecule has 1 aromatic carbocycles. The molecule has 1 heterocycles. The van der Waals surface area contributed by atoms with Crippen LogP contribution in [-0.4, -0.2) is 34.0 Å². The lowest BCUT2D eigenvalue weighted by molar-refractivity contribution is -0.129. The molecule has 2 aromatic rings. The number of carboxylic acids is 1. The molecule has 0 aliphatic carbocycles. The molecule has 0 amide bonds. The Balaban J connectivity index is 2.91. The van der Waals surface area contributed by atoms with Gasteiger partial charge in [-0.05, 0) is 12.1 Å². The largest absolute Gasteiger partial charge is 0.496 e. The standard InChI is InChI=1S/C11H10N2O4/c1-17-8-4-2-3-7-9(8)6(5-12-7)10(13-16)11(14)15/h2-5,12,16H,1H3,(H,14,15)/b13-10+/i1D3,2D,3D,4D. The fraction of sp³-hybridized carbons (Fsp3) is 0.0909. The van der Waals surface area contributed by atoms with Crippen LogP contribution in [0, 0.1) is 0 Å². The van der Waals surface area contributed by atoms with Crippen molar-refractivity contribution < 1.29 is 28.1 Å². The van der Waals surface area contributed by atoms with Crippen LogP contribution in [0.5, 0.6) is 5.75 Å². The topological polar surface area (TPSA) is 94.9 Å². The van der Waals surface area contributed by atoms with Gasteiger partial charge in [0.1, 0.15) is 5.75 Å². The molecule has 88 valence electrons. The SMILES string of the molecule is [2H]c1c([2H])c(OC([2H])([2H])[2H])c2c(/C(=N\O)C(=O)O)c[nH]c2c1[2H]. The molecule has 0 radical (unpaired) electrons. The van der Waals surface area contributed by atoms with Crippen molar-refractivity contribution >= 4 is 22.6 Å². The Morgan fingerprint density at radius 3 is 3.12 bits per heavy atom. The number of benzene rings is 1. The van der Waals surface area contributed by atoms with E-state index in [2.05, 4.69) is 10.1 Å². The number of nitrogens with one attached hydrogen (secondary N) is 1. The van der Waals surface area contributed by atoms with Crippen LogP contribution in [0.2, 0.25) is 0 Å². The van der Waals surface area contributed by atoms with E-state index in [-0.39, 0.29) is 16.5 Å². The second-order valence-electron chi connectivity index (χ2n) is 3.01. The number of aromatic nitrogens is 1. The van der Waals surface area contributed by atoms with Gasteiger partial charge in [0, 0.05) is 17.3 Å². The van der Waals surface area contributed by atoms with Gasteiger partial charge in [0.25, 0.3) is 0 Å². The Hall–Kier alpha value is -2.50. The number of aliphatic carboxylic acids is 1. The molecular weight excluding hydrogens is 224 g/mol. The van der Waals surface area contributed by atoms with Crippen LogP contribution in [0.4, 0.5) is 0 Å². The van der Waals surface area contributed by atoms with Crippen molar-refractivity contribution in [3.05, 3.63) is 29.9 Å². The minimum atomic E-state index is -2.97. The van der Waals surface area contributed by atoms with Gasteiger partial charge < -0.3 is 20.0 Å². The lowest BCUT2D eigenvalue weighted by Crippen LogP contribution is -2.14. The lowest BCUT2D eigenvalue weighted by Gasteiger charge is -2.03. The lowest BCUT2D eigenvalue weighted by atomic mass is 10.1. The van der Waals surface area contributed by atoms with Gasteiger partial charge in [-0.1, -0.05) is 11.2 Å². The van der Waals surface area contributed by atoms with Crippen molar-refractivity contribution in [3.63, 3.8) is 0 Å². The minimum absolute atomic E-state index is 0.109. The maximum Gasteiger partial charge on any atom is 0.358 e. The number of hydrogen-bond donors (Lipinski definition) is 3. The molecule has 2 rings (SSSR count). The van der Waals surface area contributed by atoms with E-state index >= 15 is 0 Å². The molecule has 3 N–H and O–H groups in total. The zero-order valence-electron chi connectivity index (χ0n) is 14.2. The summed E-state index contributed by atoms with van der Waals surface area (Å²) in [6.07, 6.45) is 1.07. The maximum atomic E-state index is 11.1. The molecule has 17 heavy (non-hydrogen) atoms. The highest BCUT2D eigenvalue weighted by Crippen LogP contribution is 2.28. The molecular formula is C11H10N2O4. The normalized spacial score (nSPS) is 17.5. The maximum absolute atomic E-state index is 11.1. The van der Waals surface area contributed by atoms with Crippen molar-refractivity contribution in [2.45, 2.75) is 0 Å². The van der Waals surface area contributed by atoms with Crippen molar-refractivity contribution in [3.8, 4) is 5.75 Å². The number of hydrogen-bond acceptors (Lipinski definition) is 4. The van der Waals surface area contributed by atoms with Crippen LogP contribution in [0.15, 0.2) is 29.5 Å². The molecule has 0 atom stereocenters. The molecule has 0 saturated heterocycles. The van der Waals surface area contributed by atoms with E-state index in [4.69, 9.17) is 23.3 Å². The Morgan fingerprint density at radius 2 is 2.47 bits per heavy atom.